The fraction of sp³-hybridized carbons (Fsp3) is 0.188. The number of benzene rings is 2. The normalized spacial score (nSPS) is 10.4. The Morgan fingerprint density at radius 2 is 1.56 bits per heavy atom. The molecule has 2 rings (SSSR count). The van der Waals surface area contributed by atoms with Crippen molar-refractivity contribution in [2.75, 3.05) is 0 Å². The van der Waals surface area contributed by atoms with Crippen molar-refractivity contribution in [3.63, 3.8) is 0 Å². The van der Waals surface area contributed by atoms with E-state index >= 15 is 0 Å². The van der Waals surface area contributed by atoms with E-state index in [1.807, 2.05) is 32.9 Å². The fourth-order valence-corrected chi connectivity index (χ4v) is 2.34. The highest BCUT2D eigenvalue weighted by atomic mass is 16.3. The summed E-state index contributed by atoms with van der Waals surface area (Å²) in [6, 6.07) is 10.6. The third-order valence-electron chi connectivity index (χ3n) is 3.05. The Kier molecular flexibility index (Phi) is 3.19. The molecule has 0 bridgehead atoms. The molecule has 2 aromatic rings. The summed E-state index contributed by atoms with van der Waals surface area (Å²) in [5, 5.41) is 9.76. The van der Waals surface area contributed by atoms with Crippen LogP contribution in [0.25, 0.3) is 0 Å². The average Bonchev–Trinajstić information content (AvgIpc) is 2.27. The summed E-state index contributed by atoms with van der Waals surface area (Å²) < 4.78 is 0. The first-order valence-electron chi connectivity index (χ1n) is 5.91. The number of phenolic OH excluding ortho intramolecular Hbond substituents is 1. The Morgan fingerprint density at radius 1 is 1.00 bits per heavy atom. The van der Waals surface area contributed by atoms with Gasteiger partial charge in [0, 0.05) is 5.56 Å². The molecule has 2 aromatic carbocycles. The van der Waals surface area contributed by atoms with Crippen LogP contribution in [0.2, 0.25) is 0 Å². The van der Waals surface area contributed by atoms with Gasteiger partial charge in [0.15, 0.2) is 5.78 Å². The molecule has 0 heterocycles. The van der Waals surface area contributed by atoms with Crippen molar-refractivity contribution in [3.8, 4) is 5.75 Å². The van der Waals surface area contributed by atoms with E-state index in [4.69, 9.17) is 0 Å². The lowest BCUT2D eigenvalue weighted by Crippen LogP contribution is -2.07. The molecule has 0 aliphatic rings. The van der Waals surface area contributed by atoms with Gasteiger partial charge in [0.1, 0.15) is 5.75 Å². The zero-order chi connectivity index (χ0) is 13.3. The SMILES string of the molecule is Cc1cc(C)c(C(=O)c2ccccc2O)c(C)c1. The molecule has 2 nitrogen and oxygen atoms in total. The number of hydrogen-bond acceptors (Lipinski definition) is 2. The minimum absolute atomic E-state index is 0.0295. The number of rotatable bonds is 2. The molecule has 18 heavy (non-hydrogen) atoms. The topological polar surface area (TPSA) is 37.3 Å². The van der Waals surface area contributed by atoms with Gasteiger partial charge in [-0.3, -0.25) is 4.79 Å². The first-order valence-corrected chi connectivity index (χ1v) is 5.91. The van der Waals surface area contributed by atoms with Crippen molar-refractivity contribution in [3.05, 3.63) is 64.2 Å². The molecule has 0 unspecified atom stereocenters. The van der Waals surface area contributed by atoms with Crippen LogP contribution in [-0.4, -0.2) is 10.9 Å². The van der Waals surface area contributed by atoms with Crippen molar-refractivity contribution in [1.82, 2.24) is 0 Å². The van der Waals surface area contributed by atoms with E-state index in [1.54, 1.807) is 18.2 Å². The summed E-state index contributed by atoms with van der Waals surface area (Å²) in [6.45, 7) is 5.86. The third kappa shape index (κ3) is 2.14. The Labute approximate surface area is 107 Å². The quantitative estimate of drug-likeness (QED) is 0.815. The Bertz CT molecular complexity index is 589. The fourth-order valence-electron chi connectivity index (χ4n) is 2.34. The number of carbonyl (C=O) groups is 1. The molecule has 0 aliphatic heterocycles. The van der Waals surface area contributed by atoms with Crippen molar-refractivity contribution >= 4 is 5.78 Å². The van der Waals surface area contributed by atoms with Crippen LogP contribution in [0, 0.1) is 20.8 Å². The standard InChI is InChI=1S/C16H16O2/c1-10-8-11(2)15(12(3)9-10)16(18)13-6-4-5-7-14(13)17/h4-9,17H,1-3H3. The van der Waals surface area contributed by atoms with E-state index in [1.165, 1.54) is 6.07 Å². The zero-order valence-electron chi connectivity index (χ0n) is 10.8. The van der Waals surface area contributed by atoms with Gasteiger partial charge in [-0.15, -0.1) is 0 Å². The predicted molar refractivity (Wildman–Crippen MR) is 72.2 cm³/mol. The van der Waals surface area contributed by atoms with Crippen LogP contribution in [0.5, 0.6) is 5.75 Å². The highest BCUT2D eigenvalue weighted by Crippen LogP contribution is 2.24. The van der Waals surface area contributed by atoms with Gasteiger partial charge in [-0.2, -0.15) is 0 Å². The Morgan fingerprint density at radius 3 is 2.11 bits per heavy atom. The van der Waals surface area contributed by atoms with Crippen LogP contribution < -0.4 is 0 Å². The van der Waals surface area contributed by atoms with Gasteiger partial charge < -0.3 is 5.11 Å². The summed E-state index contributed by atoms with van der Waals surface area (Å²) in [7, 11) is 0. The third-order valence-corrected chi connectivity index (χ3v) is 3.05. The van der Waals surface area contributed by atoms with Gasteiger partial charge in [0.25, 0.3) is 0 Å². The molecule has 0 aliphatic carbocycles. The van der Waals surface area contributed by atoms with E-state index in [2.05, 4.69) is 0 Å². The first kappa shape index (κ1) is 12.4. The Balaban J connectivity index is 2.57. The van der Waals surface area contributed by atoms with Crippen LogP contribution >= 0.6 is 0 Å². The second-order valence-electron chi connectivity index (χ2n) is 4.62. The van der Waals surface area contributed by atoms with Crippen molar-refractivity contribution in [1.29, 1.82) is 0 Å². The van der Waals surface area contributed by atoms with Gasteiger partial charge in [0.2, 0.25) is 0 Å². The molecule has 2 heteroatoms. The summed E-state index contributed by atoms with van der Waals surface area (Å²) in [6.07, 6.45) is 0. The van der Waals surface area contributed by atoms with Crippen LogP contribution in [0.3, 0.4) is 0 Å². The Hall–Kier alpha value is -2.09. The predicted octanol–water partition coefficient (Wildman–Crippen LogP) is 3.55. The number of phenols is 1. The monoisotopic (exact) mass is 240 g/mol. The number of aryl methyl sites for hydroxylation is 3. The molecule has 0 saturated carbocycles. The van der Waals surface area contributed by atoms with E-state index in [0.29, 0.717) is 11.1 Å². The number of ketones is 1. The van der Waals surface area contributed by atoms with E-state index in [0.717, 1.165) is 16.7 Å². The number of hydrogen-bond donors (Lipinski definition) is 1. The highest BCUT2D eigenvalue weighted by molar-refractivity contribution is 6.12. The first-order chi connectivity index (χ1) is 8.50. The highest BCUT2D eigenvalue weighted by Gasteiger charge is 2.17. The lowest BCUT2D eigenvalue weighted by atomic mass is 9.93. The van der Waals surface area contributed by atoms with Gasteiger partial charge >= 0.3 is 0 Å². The molecule has 0 atom stereocenters. The van der Waals surface area contributed by atoms with Gasteiger partial charge in [-0.1, -0.05) is 29.8 Å². The summed E-state index contributed by atoms with van der Waals surface area (Å²) >= 11 is 0. The molecule has 92 valence electrons. The van der Waals surface area contributed by atoms with E-state index < -0.39 is 0 Å². The molecule has 0 amide bonds. The van der Waals surface area contributed by atoms with E-state index in [-0.39, 0.29) is 11.5 Å². The molecule has 0 radical (unpaired) electrons. The maximum Gasteiger partial charge on any atom is 0.197 e. The largest absolute Gasteiger partial charge is 0.507 e. The molecular formula is C16H16O2. The van der Waals surface area contributed by atoms with Gasteiger partial charge in [-0.25, -0.2) is 0 Å². The second kappa shape index (κ2) is 4.65. The average molecular weight is 240 g/mol. The van der Waals surface area contributed by atoms with Gasteiger partial charge in [-0.05, 0) is 44.0 Å². The van der Waals surface area contributed by atoms with E-state index in [9.17, 15) is 9.90 Å². The summed E-state index contributed by atoms with van der Waals surface area (Å²) in [5.41, 5.74) is 4.06. The summed E-state index contributed by atoms with van der Waals surface area (Å²) in [4.78, 5) is 12.5. The maximum absolute atomic E-state index is 12.5. The van der Waals surface area contributed by atoms with Crippen molar-refractivity contribution in [2.24, 2.45) is 0 Å². The zero-order valence-corrected chi connectivity index (χ0v) is 10.8. The van der Waals surface area contributed by atoms with Crippen molar-refractivity contribution in [2.45, 2.75) is 20.8 Å². The molecule has 0 aromatic heterocycles. The van der Waals surface area contributed by atoms with Crippen LogP contribution in [0.15, 0.2) is 36.4 Å². The van der Waals surface area contributed by atoms with Crippen LogP contribution in [-0.2, 0) is 0 Å². The number of para-hydroxylation sites is 1. The molecule has 1 N–H and O–H groups in total. The van der Waals surface area contributed by atoms with Gasteiger partial charge in [0.05, 0.1) is 5.56 Å². The van der Waals surface area contributed by atoms with Crippen molar-refractivity contribution < 1.29 is 9.90 Å². The minimum atomic E-state index is -0.122. The lowest BCUT2D eigenvalue weighted by Gasteiger charge is -2.11. The number of carbonyl (C=O) groups excluding carboxylic acids is 1. The van der Waals surface area contributed by atoms with Crippen LogP contribution in [0.1, 0.15) is 32.6 Å². The smallest absolute Gasteiger partial charge is 0.197 e. The van der Waals surface area contributed by atoms with Crippen LogP contribution in [0.4, 0.5) is 0 Å². The molecule has 0 spiro atoms. The molecule has 0 fully saturated rings. The summed E-state index contributed by atoms with van der Waals surface area (Å²) in [5.74, 6) is -0.0926. The second-order valence-corrected chi connectivity index (χ2v) is 4.62. The molecular weight excluding hydrogens is 224 g/mol. The lowest BCUT2D eigenvalue weighted by molar-refractivity contribution is 0.103. The number of aromatic hydroxyl groups is 1. The maximum atomic E-state index is 12.5. The minimum Gasteiger partial charge on any atom is -0.507 e. The molecule has 0 saturated heterocycles.